The summed E-state index contributed by atoms with van der Waals surface area (Å²) in [6, 6.07) is 7.48. The third-order valence-electron chi connectivity index (χ3n) is 4.92. The topological polar surface area (TPSA) is 108 Å². The van der Waals surface area contributed by atoms with Gasteiger partial charge in [-0.25, -0.2) is 10.2 Å². The first kappa shape index (κ1) is 19.1. The Balaban J connectivity index is 1.24. The fraction of sp³-hybridized carbons (Fsp3) is 0.400. The molecule has 0 spiro atoms. The highest BCUT2D eigenvalue weighted by Crippen LogP contribution is 2.25. The molecule has 3 amide bonds. The molecule has 2 aliphatic rings. The van der Waals surface area contributed by atoms with E-state index in [9.17, 15) is 9.59 Å². The van der Waals surface area contributed by atoms with Gasteiger partial charge in [0.25, 0.3) is 0 Å². The number of anilines is 1. The molecule has 3 N–H and O–H groups in total. The molecule has 1 aromatic heterocycles. The summed E-state index contributed by atoms with van der Waals surface area (Å²) in [6.45, 7) is 0.783. The zero-order valence-electron chi connectivity index (χ0n) is 16.1. The lowest BCUT2D eigenvalue weighted by Crippen LogP contribution is -2.28. The van der Waals surface area contributed by atoms with Crippen molar-refractivity contribution in [3.63, 3.8) is 0 Å². The molecule has 152 valence electrons. The molecular weight excluding hydrogens is 372 g/mol. The van der Waals surface area contributed by atoms with E-state index in [1.165, 1.54) is 17.7 Å². The maximum absolute atomic E-state index is 11.6. The van der Waals surface area contributed by atoms with Gasteiger partial charge >= 0.3 is 6.03 Å². The molecule has 2 heterocycles. The maximum atomic E-state index is 11.6. The van der Waals surface area contributed by atoms with E-state index in [0.29, 0.717) is 18.3 Å². The van der Waals surface area contributed by atoms with Gasteiger partial charge in [0.05, 0.1) is 48.7 Å². The number of hydrogen-bond acceptors (Lipinski definition) is 7. The number of imide groups is 1. The summed E-state index contributed by atoms with van der Waals surface area (Å²) >= 11 is 0. The molecule has 1 saturated heterocycles. The molecule has 1 aromatic carbocycles. The molecule has 9 heteroatoms. The van der Waals surface area contributed by atoms with Crippen LogP contribution in [0.1, 0.15) is 37.1 Å². The highest BCUT2D eigenvalue weighted by Gasteiger charge is 2.26. The fourth-order valence-corrected chi connectivity index (χ4v) is 3.44. The Morgan fingerprint density at radius 2 is 1.93 bits per heavy atom. The van der Waals surface area contributed by atoms with E-state index in [4.69, 9.17) is 4.74 Å². The second kappa shape index (κ2) is 8.87. The van der Waals surface area contributed by atoms with Gasteiger partial charge in [0, 0.05) is 6.07 Å². The number of amides is 3. The standard InChI is InChI=1S/C20H24N6O3/c27-19-13-26(20(28)24-19)12-16-10-21-15(9-22-16)11-23-25-14-4-3-7-18(8-14)29-17-5-1-2-6-17/h3-4,7-10,17,23,25H,1-2,5-6,11-13H2,(H,24,27,28). The van der Waals surface area contributed by atoms with Crippen molar-refractivity contribution in [1.82, 2.24) is 25.6 Å². The zero-order chi connectivity index (χ0) is 20.1. The second-order valence-electron chi connectivity index (χ2n) is 7.24. The van der Waals surface area contributed by atoms with Crippen molar-refractivity contribution in [2.24, 2.45) is 0 Å². The highest BCUT2D eigenvalue weighted by atomic mass is 16.5. The lowest BCUT2D eigenvalue weighted by molar-refractivity contribution is -0.118. The van der Waals surface area contributed by atoms with Gasteiger partial charge in [0.2, 0.25) is 5.91 Å². The third kappa shape index (κ3) is 5.20. The molecule has 0 radical (unpaired) electrons. The number of urea groups is 1. The van der Waals surface area contributed by atoms with Crippen LogP contribution in [-0.2, 0) is 17.9 Å². The van der Waals surface area contributed by atoms with Gasteiger partial charge in [0.1, 0.15) is 12.3 Å². The van der Waals surface area contributed by atoms with Gasteiger partial charge in [-0.1, -0.05) is 6.07 Å². The number of rotatable bonds is 8. The van der Waals surface area contributed by atoms with Crippen molar-refractivity contribution in [2.75, 3.05) is 12.0 Å². The van der Waals surface area contributed by atoms with Crippen molar-refractivity contribution >= 4 is 17.6 Å². The van der Waals surface area contributed by atoms with Crippen LogP contribution in [-0.4, -0.2) is 39.5 Å². The minimum Gasteiger partial charge on any atom is -0.490 e. The van der Waals surface area contributed by atoms with Gasteiger partial charge < -0.3 is 15.1 Å². The van der Waals surface area contributed by atoms with Crippen LogP contribution in [0, 0.1) is 0 Å². The first-order valence-corrected chi connectivity index (χ1v) is 9.80. The lowest BCUT2D eigenvalue weighted by atomic mass is 10.3. The third-order valence-corrected chi connectivity index (χ3v) is 4.92. The highest BCUT2D eigenvalue weighted by molar-refractivity contribution is 6.01. The Labute approximate surface area is 168 Å². The average Bonchev–Trinajstić information content (AvgIpc) is 3.33. The van der Waals surface area contributed by atoms with Crippen LogP contribution >= 0.6 is 0 Å². The molecule has 9 nitrogen and oxygen atoms in total. The Bertz CT molecular complexity index is 867. The van der Waals surface area contributed by atoms with E-state index in [2.05, 4.69) is 26.1 Å². The minimum absolute atomic E-state index is 0.0528. The Morgan fingerprint density at radius 3 is 2.66 bits per heavy atom. The number of aromatic nitrogens is 2. The van der Waals surface area contributed by atoms with E-state index in [1.54, 1.807) is 12.4 Å². The smallest absolute Gasteiger partial charge is 0.324 e. The number of carbonyl (C=O) groups is 2. The van der Waals surface area contributed by atoms with Gasteiger partial charge in [-0.3, -0.25) is 20.1 Å². The summed E-state index contributed by atoms with van der Waals surface area (Å²) in [5.74, 6) is 0.574. The molecule has 1 aliphatic carbocycles. The summed E-state index contributed by atoms with van der Waals surface area (Å²) in [7, 11) is 0. The maximum Gasteiger partial charge on any atom is 0.324 e. The number of hydrazine groups is 1. The number of nitrogens with one attached hydrogen (secondary N) is 3. The number of carbonyl (C=O) groups excluding carboxylic acids is 2. The van der Waals surface area contributed by atoms with Crippen LogP contribution in [0.3, 0.4) is 0 Å². The van der Waals surface area contributed by atoms with Crippen LogP contribution in [0.4, 0.5) is 10.5 Å². The molecule has 1 aliphatic heterocycles. The molecule has 1 saturated carbocycles. The number of hydrogen-bond donors (Lipinski definition) is 3. The molecule has 4 rings (SSSR count). The molecule has 29 heavy (non-hydrogen) atoms. The second-order valence-corrected chi connectivity index (χ2v) is 7.24. The normalized spacial score (nSPS) is 16.9. The number of benzene rings is 1. The summed E-state index contributed by atoms with van der Waals surface area (Å²) in [6.07, 6.45) is 8.34. The van der Waals surface area contributed by atoms with Crippen molar-refractivity contribution in [3.05, 3.63) is 48.0 Å². The van der Waals surface area contributed by atoms with Crippen molar-refractivity contribution in [3.8, 4) is 5.75 Å². The molecular formula is C20H24N6O3. The van der Waals surface area contributed by atoms with E-state index in [0.717, 1.165) is 30.0 Å². The summed E-state index contributed by atoms with van der Waals surface area (Å²) in [5.41, 5.74) is 8.55. The summed E-state index contributed by atoms with van der Waals surface area (Å²) in [4.78, 5) is 32.8. The van der Waals surface area contributed by atoms with Crippen LogP contribution in [0.5, 0.6) is 5.75 Å². The van der Waals surface area contributed by atoms with Gasteiger partial charge in [-0.15, -0.1) is 0 Å². The van der Waals surface area contributed by atoms with Crippen LogP contribution < -0.4 is 20.9 Å². The molecule has 0 atom stereocenters. The first-order valence-electron chi connectivity index (χ1n) is 9.80. The Morgan fingerprint density at radius 1 is 1.14 bits per heavy atom. The van der Waals surface area contributed by atoms with Gasteiger partial charge in [0.15, 0.2) is 0 Å². The number of ether oxygens (including phenoxy) is 1. The van der Waals surface area contributed by atoms with Crippen molar-refractivity contribution < 1.29 is 14.3 Å². The fourth-order valence-electron chi connectivity index (χ4n) is 3.44. The zero-order valence-corrected chi connectivity index (χ0v) is 16.1. The summed E-state index contributed by atoms with van der Waals surface area (Å²) in [5, 5.41) is 2.24. The van der Waals surface area contributed by atoms with E-state index in [1.807, 2.05) is 24.3 Å². The van der Waals surface area contributed by atoms with E-state index in [-0.39, 0.29) is 19.0 Å². The van der Waals surface area contributed by atoms with Gasteiger partial charge in [-0.2, -0.15) is 0 Å². The van der Waals surface area contributed by atoms with Crippen LogP contribution in [0.25, 0.3) is 0 Å². The van der Waals surface area contributed by atoms with E-state index >= 15 is 0 Å². The first-order chi connectivity index (χ1) is 14.2. The van der Waals surface area contributed by atoms with Crippen LogP contribution in [0.2, 0.25) is 0 Å². The molecule has 2 aromatic rings. The predicted octanol–water partition coefficient (Wildman–Crippen LogP) is 1.97. The molecule has 0 bridgehead atoms. The monoisotopic (exact) mass is 396 g/mol. The summed E-state index contributed by atoms with van der Waals surface area (Å²) < 4.78 is 6.02. The SMILES string of the molecule is O=C1CN(Cc2cnc(CNNc3cccc(OC4CCCC4)c3)cn2)C(=O)N1. The average molecular weight is 396 g/mol. The van der Waals surface area contributed by atoms with Gasteiger partial charge in [-0.05, 0) is 37.8 Å². The Hall–Kier alpha value is -3.20. The lowest BCUT2D eigenvalue weighted by Gasteiger charge is -2.15. The largest absolute Gasteiger partial charge is 0.490 e. The van der Waals surface area contributed by atoms with Crippen molar-refractivity contribution in [1.29, 1.82) is 0 Å². The Kier molecular flexibility index (Phi) is 5.85. The minimum atomic E-state index is -0.397. The van der Waals surface area contributed by atoms with E-state index < -0.39 is 6.03 Å². The predicted molar refractivity (Wildman–Crippen MR) is 106 cm³/mol. The molecule has 0 unspecified atom stereocenters. The quantitative estimate of drug-likeness (QED) is 0.462. The van der Waals surface area contributed by atoms with Crippen molar-refractivity contribution in [2.45, 2.75) is 44.9 Å². The molecule has 2 fully saturated rings. The van der Waals surface area contributed by atoms with Crippen LogP contribution in [0.15, 0.2) is 36.7 Å². The number of nitrogens with zero attached hydrogens (tertiary/aromatic N) is 3.